The predicted octanol–water partition coefficient (Wildman–Crippen LogP) is 4.22. The molecule has 1 unspecified atom stereocenters. The largest absolute Gasteiger partial charge is 0.398 e. The van der Waals surface area contributed by atoms with Crippen molar-refractivity contribution in [3.05, 3.63) is 64.2 Å². The Balaban J connectivity index is 1.70. The molecule has 3 rings (SSSR count). The number of aliphatic hydroxyl groups excluding tert-OH is 1. The predicted molar refractivity (Wildman–Crippen MR) is 114 cm³/mol. The fourth-order valence-corrected chi connectivity index (χ4v) is 4.47. The Kier molecular flexibility index (Phi) is 7.67. The number of nitrogens with two attached hydrogens (primary N) is 1. The topological polar surface area (TPSA) is 66.6 Å². The van der Waals surface area contributed by atoms with Crippen molar-refractivity contribution in [3.8, 4) is 0 Å². The highest BCUT2D eigenvalue weighted by Crippen LogP contribution is 2.32. The van der Waals surface area contributed by atoms with Crippen molar-refractivity contribution in [3.63, 3.8) is 0 Å². The number of carbonyl (C=O) groups excluding carboxylic acids is 1. The third kappa shape index (κ3) is 5.70. The van der Waals surface area contributed by atoms with Crippen LogP contribution in [-0.2, 0) is 17.6 Å². The number of rotatable bonds is 8. The van der Waals surface area contributed by atoms with Gasteiger partial charge in [0.25, 0.3) is 0 Å². The summed E-state index contributed by atoms with van der Waals surface area (Å²) in [6.07, 6.45) is 3.57. The van der Waals surface area contributed by atoms with Gasteiger partial charge in [0.15, 0.2) is 0 Å². The zero-order valence-electron chi connectivity index (χ0n) is 16.8. The van der Waals surface area contributed by atoms with Crippen LogP contribution in [0.4, 0.5) is 14.5 Å². The van der Waals surface area contributed by atoms with Gasteiger partial charge in [0.1, 0.15) is 18.2 Å². The average molecular weight is 437 g/mol. The number of halogens is 3. The van der Waals surface area contributed by atoms with Crippen LogP contribution in [0.25, 0.3) is 0 Å². The van der Waals surface area contributed by atoms with Gasteiger partial charge in [0, 0.05) is 13.1 Å². The number of amides is 1. The third-order valence-corrected chi connectivity index (χ3v) is 6.37. The molecule has 1 aliphatic heterocycles. The van der Waals surface area contributed by atoms with Gasteiger partial charge in [-0.3, -0.25) is 4.79 Å². The fraction of sp³-hybridized carbons (Fsp3) is 0.435. The van der Waals surface area contributed by atoms with Gasteiger partial charge in [-0.1, -0.05) is 17.7 Å². The SMILES string of the molecule is Nc1ccc(CCC(CCc2cc(F)ccc2F)[C@H]2CCN(C(=O)CO)C2)cc1Cl. The number of likely N-dealkylation sites (tertiary alicyclic amines) is 1. The average Bonchev–Trinajstić information content (AvgIpc) is 3.22. The van der Waals surface area contributed by atoms with E-state index in [1.54, 1.807) is 11.0 Å². The Morgan fingerprint density at radius 3 is 2.70 bits per heavy atom. The minimum atomic E-state index is -0.490. The number of nitrogen functional groups attached to an aromatic ring is 1. The maximum absolute atomic E-state index is 14.1. The van der Waals surface area contributed by atoms with Crippen LogP contribution in [0.5, 0.6) is 0 Å². The molecule has 0 bridgehead atoms. The molecule has 2 aromatic rings. The van der Waals surface area contributed by atoms with Crippen LogP contribution in [0.2, 0.25) is 5.02 Å². The van der Waals surface area contributed by atoms with Gasteiger partial charge in [0.05, 0.1) is 10.7 Å². The second kappa shape index (κ2) is 10.2. The normalized spacial score (nSPS) is 17.3. The number of aryl methyl sites for hydroxylation is 2. The van der Waals surface area contributed by atoms with Gasteiger partial charge in [-0.15, -0.1) is 0 Å². The van der Waals surface area contributed by atoms with E-state index in [4.69, 9.17) is 22.4 Å². The zero-order valence-corrected chi connectivity index (χ0v) is 17.5. The number of benzene rings is 2. The van der Waals surface area contributed by atoms with Crippen molar-refractivity contribution in [2.75, 3.05) is 25.4 Å². The Bertz CT molecular complexity index is 894. The first-order valence-corrected chi connectivity index (χ1v) is 10.6. The number of aliphatic hydroxyl groups is 1. The summed E-state index contributed by atoms with van der Waals surface area (Å²) in [5.74, 6) is -0.636. The molecule has 0 radical (unpaired) electrons. The maximum atomic E-state index is 14.1. The van der Waals surface area contributed by atoms with Crippen molar-refractivity contribution < 1.29 is 18.7 Å². The molecule has 1 saturated heterocycles. The Morgan fingerprint density at radius 1 is 1.20 bits per heavy atom. The number of carbonyl (C=O) groups is 1. The van der Waals surface area contributed by atoms with E-state index in [-0.39, 0.29) is 17.7 Å². The van der Waals surface area contributed by atoms with E-state index in [1.807, 2.05) is 12.1 Å². The van der Waals surface area contributed by atoms with Gasteiger partial charge in [-0.2, -0.15) is 0 Å². The molecular weight excluding hydrogens is 410 g/mol. The Hall–Kier alpha value is -2.18. The molecule has 0 spiro atoms. The van der Waals surface area contributed by atoms with Crippen molar-refractivity contribution in [1.29, 1.82) is 0 Å². The monoisotopic (exact) mass is 436 g/mol. The molecule has 0 aromatic heterocycles. The smallest absolute Gasteiger partial charge is 0.248 e. The van der Waals surface area contributed by atoms with Crippen LogP contribution in [-0.4, -0.2) is 35.6 Å². The lowest BCUT2D eigenvalue weighted by molar-refractivity contribution is -0.133. The van der Waals surface area contributed by atoms with E-state index in [1.165, 1.54) is 6.07 Å². The molecule has 1 amide bonds. The Morgan fingerprint density at radius 2 is 1.97 bits per heavy atom. The molecule has 1 fully saturated rings. The molecule has 2 atom stereocenters. The number of anilines is 1. The van der Waals surface area contributed by atoms with Crippen molar-refractivity contribution >= 4 is 23.2 Å². The molecule has 1 aliphatic rings. The standard InChI is InChI=1S/C23H27ClF2N2O2/c24-20-11-15(2-8-22(20)27)1-3-16(18-9-10-28(13-18)23(30)14-29)4-5-17-12-19(25)6-7-21(17)26/h2,6-8,11-12,16,18,29H,1,3-5,9-10,13-14,27H2/t16?,18-/m0/s1. The second-order valence-electron chi connectivity index (χ2n) is 7.98. The summed E-state index contributed by atoms with van der Waals surface area (Å²) in [6, 6.07) is 9.12. The number of nitrogens with zero attached hydrogens (tertiary/aromatic N) is 1. The Labute approximate surface area is 180 Å². The molecule has 4 nitrogen and oxygen atoms in total. The highest BCUT2D eigenvalue weighted by molar-refractivity contribution is 6.33. The maximum Gasteiger partial charge on any atom is 0.248 e. The summed E-state index contributed by atoms with van der Waals surface area (Å²) in [6.45, 7) is 0.705. The van der Waals surface area contributed by atoms with Gasteiger partial charge in [-0.25, -0.2) is 8.78 Å². The molecule has 0 aliphatic carbocycles. The lowest BCUT2D eigenvalue weighted by Gasteiger charge is -2.24. The third-order valence-electron chi connectivity index (χ3n) is 6.04. The van der Waals surface area contributed by atoms with Crippen LogP contribution in [0.1, 0.15) is 30.4 Å². The summed E-state index contributed by atoms with van der Waals surface area (Å²) < 4.78 is 27.6. The van der Waals surface area contributed by atoms with Gasteiger partial charge in [-0.05, 0) is 85.4 Å². The molecule has 3 N–H and O–H groups in total. The number of hydrogen-bond donors (Lipinski definition) is 2. The van der Waals surface area contributed by atoms with Gasteiger partial charge in [0.2, 0.25) is 5.91 Å². The highest BCUT2D eigenvalue weighted by atomic mass is 35.5. The molecule has 7 heteroatoms. The van der Waals surface area contributed by atoms with Gasteiger partial charge < -0.3 is 15.7 Å². The van der Waals surface area contributed by atoms with Crippen molar-refractivity contribution in [1.82, 2.24) is 4.90 Å². The quantitative estimate of drug-likeness (QED) is 0.609. The van der Waals surface area contributed by atoms with Crippen LogP contribution in [0.15, 0.2) is 36.4 Å². The van der Waals surface area contributed by atoms with E-state index in [9.17, 15) is 13.6 Å². The first-order chi connectivity index (χ1) is 14.4. The van der Waals surface area contributed by atoms with Crippen molar-refractivity contribution in [2.24, 2.45) is 11.8 Å². The number of hydrogen-bond acceptors (Lipinski definition) is 3. The zero-order chi connectivity index (χ0) is 21.7. The van der Waals surface area contributed by atoms with Crippen LogP contribution in [0, 0.1) is 23.5 Å². The van der Waals surface area contributed by atoms with Gasteiger partial charge >= 0.3 is 0 Å². The first kappa shape index (κ1) is 22.5. The summed E-state index contributed by atoms with van der Waals surface area (Å²) in [7, 11) is 0. The summed E-state index contributed by atoms with van der Waals surface area (Å²) in [4.78, 5) is 13.5. The van der Waals surface area contributed by atoms with Crippen LogP contribution in [0.3, 0.4) is 0 Å². The van der Waals surface area contributed by atoms with E-state index in [2.05, 4.69) is 0 Å². The van der Waals surface area contributed by atoms with Crippen molar-refractivity contribution in [2.45, 2.75) is 32.1 Å². The van der Waals surface area contributed by atoms with E-state index >= 15 is 0 Å². The lowest BCUT2D eigenvalue weighted by atomic mass is 9.82. The molecule has 162 valence electrons. The minimum absolute atomic E-state index is 0.223. The van der Waals surface area contributed by atoms with E-state index < -0.39 is 18.2 Å². The fourth-order valence-electron chi connectivity index (χ4n) is 4.27. The minimum Gasteiger partial charge on any atom is -0.398 e. The summed E-state index contributed by atoms with van der Waals surface area (Å²) in [5.41, 5.74) is 7.76. The molecule has 0 saturated carbocycles. The molecule has 30 heavy (non-hydrogen) atoms. The highest BCUT2D eigenvalue weighted by Gasteiger charge is 2.31. The van der Waals surface area contributed by atoms with E-state index in [0.717, 1.165) is 37.0 Å². The molecule has 1 heterocycles. The second-order valence-corrected chi connectivity index (χ2v) is 8.38. The lowest BCUT2D eigenvalue weighted by Crippen LogP contribution is -2.32. The molecular formula is C23H27ClF2N2O2. The van der Waals surface area contributed by atoms with Crippen LogP contribution >= 0.6 is 11.6 Å². The summed E-state index contributed by atoms with van der Waals surface area (Å²) >= 11 is 6.13. The summed E-state index contributed by atoms with van der Waals surface area (Å²) in [5, 5.41) is 9.66. The van der Waals surface area contributed by atoms with Crippen LogP contribution < -0.4 is 5.73 Å². The van der Waals surface area contributed by atoms with E-state index in [0.29, 0.717) is 42.2 Å². The molecule has 2 aromatic carbocycles. The first-order valence-electron chi connectivity index (χ1n) is 10.2.